The van der Waals surface area contributed by atoms with Crippen LogP contribution in [-0.4, -0.2) is 9.78 Å². The first kappa shape index (κ1) is 18.8. The second-order valence-electron chi connectivity index (χ2n) is 6.10. The van der Waals surface area contributed by atoms with Gasteiger partial charge in [0.25, 0.3) is 0 Å². The smallest absolute Gasteiger partial charge is 0.416 e. The predicted octanol–water partition coefficient (Wildman–Crippen LogP) is 5.27. The van der Waals surface area contributed by atoms with Crippen molar-refractivity contribution in [2.24, 2.45) is 0 Å². The Morgan fingerprint density at radius 3 is 2.74 bits per heavy atom. The Balaban J connectivity index is 1.52. The summed E-state index contributed by atoms with van der Waals surface area (Å²) in [5.41, 5.74) is 0.757. The van der Waals surface area contributed by atoms with Crippen molar-refractivity contribution in [3.63, 3.8) is 0 Å². The molecule has 2 heterocycles. The predicted molar refractivity (Wildman–Crippen MR) is 97.3 cm³/mol. The van der Waals surface area contributed by atoms with Gasteiger partial charge in [0.15, 0.2) is 0 Å². The molecule has 3 aromatic rings. The molecule has 0 unspecified atom stereocenters. The number of benzene rings is 1. The van der Waals surface area contributed by atoms with Gasteiger partial charge >= 0.3 is 6.18 Å². The maximum atomic E-state index is 12.7. The van der Waals surface area contributed by atoms with Crippen LogP contribution in [0.5, 0.6) is 0 Å². The van der Waals surface area contributed by atoms with E-state index in [4.69, 9.17) is 4.42 Å². The lowest BCUT2D eigenvalue weighted by Gasteiger charge is -2.07. The average Bonchev–Trinajstić information content (AvgIpc) is 3.28. The highest BCUT2D eigenvalue weighted by molar-refractivity contribution is 5.41. The van der Waals surface area contributed by atoms with Gasteiger partial charge in [0.1, 0.15) is 11.5 Å². The van der Waals surface area contributed by atoms with Crippen molar-refractivity contribution in [2.75, 3.05) is 5.32 Å². The van der Waals surface area contributed by atoms with Crippen LogP contribution in [-0.2, 0) is 25.6 Å². The summed E-state index contributed by atoms with van der Waals surface area (Å²) in [7, 11) is 0. The van der Waals surface area contributed by atoms with Crippen LogP contribution in [0.2, 0.25) is 0 Å². The van der Waals surface area contributed by atoms with Crippen LogP contribution in [0.3, 0.4) is 0 Å². The molecular formula is C20H20F3N3O. The van der Waals surface area contributed by atoms with E-state index in [0.29, 0.717) is 18.5 Å². The van der Waals surface area contributed by atoms with E-state index < -0.39 is 11.7 Å². The summed E-state index contributed by atoms with van der Waals surface area (Å²) in [5, 5.41) is 7.32. The Bertz CT molecular complexity index is 909. The van der Waals surface area contributed by atoms with Gasteiger partial charge in [-0.05, 0) is 36.4 Å². The van der Waals surface area contributed by atoms with Crippen molar-refractivity contribution in [1.82, 2.24) is 9.78 Å². The maximum Gasteiger partial charge on any atom is 0.416 e. The van der Waals surface area contributed by atoms with Crippen molar-refractivity contribution >= 4 is 5.69 Å². The Labute approximate surface area is 155 Å². The van der Waals surface area contributed by atoms with E-state index in [1.54, 1.807) is 29.2 Å². The zero-order chi connectivity index (χ0) is 19.3. The first-order valence-electron chi connectivity index (χ1n) is 8.62. The van der Waals surface area contributed by atoms with Gasteiger partial charge in [0.05, 0.1) is 24.0 Å². The van der Waals surface area contributed by atoms with Gasteiger partial charge in [-0.25, -0.2) is 0 Å². The lowest BCUT2D eigenvalue weighted by molar-refractivity contribution is -0.137. The summed E-state index contributed by atoms with van der Waals surface area (Å²) < 4.78 is 45.5. The van der Waals surface area contributed by atoms with Crippen LogP contribution in [0.4, 0.5) is 18.9 Å². The molecule has 142 valence electrons. The lowest BCUT2D eigenvalue weighted by Crippen LogP contribution is -2.05. The fourth-order valence-corrected chi connectivity index (χ4v) is 2.61. The number of aryl methyl sites for hydroxylation is 1. The van der Waals surface area contributed by atoms with Gasteiger partial charge in [0.2, 0.25) is 0 Å². The SMILES string of the molecule is CCc1ccc(Cn2cc(N/C=C/Cc3cccc(C(F)(F)F)c3)cn2)o1. The molecule has 0 fully saturated rings. The first-order chi connectivity index (χ1) is 12.9. The van der Waals surface area contributed by atoms with E-state index in [0.717, 1.165) is 35.8 Å². The highest BCUT2D eigenvalue weighted by Crippen LogP contribution is 2.29. The fraction of sp³-hybridized carbons (Fsp3) is 0.250. The molecule has 3 rings (SSSR count). The second kappa shape index (κ2) is 8.16. The lowest BCUT2D eigenvalue weighted by atomic mass is 10.1. The molecule has 0 saturated heterocycles. The number of anilines is 1. The molecule has 4 nitrogen and oxygen atoms in total. The fourth-order valence-electron chi connectivity index (χ4n) is 2.61. The Morgan fingerprint density at radius 2 is 2.00 bits per heavy atom. The molecule has 0 atom stereocenters. The minimum Gasteiger partial charge on any atom is -0.464 e. The van der Waals surface area contributed by atoms with Gasteiger partial charge in [0, 0.05) is 12.6 Å². The minimum absolute atomic E-state index is 0.400. The maximum absolute atomic E-state index is 12.7. The zero-order valence-corrected chi connectivity index (χ0v) is 14.8. The minimum atomic E-state index is -4.32. The van der Waals surface area contributed by atoms with Crippen molar-refractivity contribution in [3.8, 4) is 0 Å². The van der Waals surface area contributed by atoms with Gasteiger partial charge in [-0.1, -0.05) is 31.2 Å². The Hall–Kier alpha value is -2.96. The highest BCUT2D eigenvalue weighted by Gasteiger charge is 2.30. The Kier molecular flexibility index (Phi) is 5.69. The number of hydrogen-bond acceptors (Lipinski definition) is 3. The first-order valence-corrected chi connectivity index (χ1v) is 8.62. The molecule has 1 aromatic carbocycles. The Morgan fingerprint density at radius 1 is 1.19 bits per heavy atom. The van der Waals surface area contributed by atoms with E-state index in [1.807, 2.05) is 25.3 Å². The molecule has 0 bridgehead atoms. The summed E-state index contributed by atoms with van der Waals surface area (Å²) in [6, 6.07) is 9.21. The van der Waals surface area contributed by atoms with Crippen LogP contribution in [0.25, 0.3) is 0 Å². The second-order valence-corrected chi connectivity index (χ2v) is 6.10. The van der Waals surface area contributed by atoms with Crippen molar-refractivity contribution in [3.05, 3.63) is 83.7 Å². The summed E-state index contributed by atoms with van der Waals surface area (Å²) in [5.74, 6) is 1.77. The van der Waals surface area contributed by atoms with Gasteiger partial charge in [-0.3, -0.25) is 4.68 Å². The summed E-state index contributed by atoms with van der Waals surface area (Å²) in [4.78, 5) is 0. The normalized spacial score (nSPS) is 12.0. The molecule has 0 aliphatic heterocycles. The summed E-state index contributed by atoms with van der Waals surface area (Å²) in [6.45, 7) is 2.57. The monoisotopic (exact) mass is 375 g/mol. The van der Waals surface area contributed by atoms with E-state index in [-0.39, 0.29) is 0 Å². The summed E-state index contributed by atoms with van der Waals surface area (Å²) in [6.07, 6.45) is 3.91. The number of nitrogens with one attached hydrogen (secondary N) is 1. The third kappa shape index (κ3) is 5.26. The standard InChI is InChI=1S/C20H20F3N3O/c1-2-18-8-9-19(27-18)14-26-13-17(12-25-26)24-10-4-6-15-5-3-7-16(11-15)20(21,22)23/h3-5,7-13,24H,2,6,14H2,1H3/b10-4+. The van der Waals surface area contributed by atoms with Crippen LogP contribution in [0, 0.1) is 0 Å². The third-order valence-electron chi connectivity index (χ3n) is 3.99. The third-order valence-corrected chi connectivity index (χ3v) is 3.99. The largest absolute Gasteiger partial charge is 0.464 e. The van der Waals surface area contributed by atoms with Gasteiger partial charge in [-0.2, -0.15) is 18.3 Å². The van der Waals surface area contributed by atoms with Gasteiger partial charge < -0.3 is 9.73 Å². The quantitative estimate of drug-likeness (QED) is 0.611. The molecular weight excluding hydrogens is 355 g/mol. The highest BCUT2D eigenvalue weighted by atomic mass is 19.4. The van der Waals surface area contributed by atoms with Crippen LogP contribution in [0.15, 0.2) is 65.5 Å². The molecule has 0 spiro atoms. The van der Waals surface area contributed by atoms with E-state index in [1.165, 1.54) is 6.07 Å². The number of alkyl halides is 3. The summed E-state index contributed by atoms with van der Waals surface area (Å²) >= 11 is 0. The van der Waals surface area contributed by atoms with Crippen molar-refractivity contribution in [2.45, 2.75) is 32.5 Å². The number of allylic oxidation sites excluding steroid dienone is 1. The van der Waals surface area contributed by atoms with E-state index >= 15 is 0 Å². The van der Waals surface area contributed by atoms with Crippen LogP contribution < -0.4 is 5.32 Å². The number of hydrogen-bond donors (Lipinski definition) is 1. The molecule has 0 aliphatic rings. The molecule has 2 aromatic heterocycles. The number of nitrogens with zero attached hydrogens (tertiary/aromatic N) is 2. The average molecular weight is 375 g/mol. The molecule has 0 amide bonds. The van der Waals surface area contributed by atoms with Crippen molar-refractivity contribution < 1.29 is 17.6 Å². The topological polar surface area (TPSA) is 43.0 Å². The van der Waals surface area contributed by atoms with Crippen LogP contribution >= 0.6 is 0 Å². The molecule has 0 radical (unpaired) electrons. The van der Waals surface area contributed by atoms with Crippen LogP contribution in [0.1, 0.15) is 29.6 Å². The molecule has 27 heavy (non-hydrogen) atoms. The molecule has 7 heteroatoms. The zero-order valence-electron chi connectivity index (χ0n) is 14.8. The number of halogens is 3. The molecule has 0 aliphatic carbocycles. The molecule has 0 saturated carbocycles. The van der Waals surface area contributed by atoms with Crippen molar-refractivity contribution in [1.29, 1.82) is 0 Å². The van der Waals surface area contributed by atoms with E-state index in [2.05, 4.69) is 10.4 Å². The number of aromatic nitrogens is 2. The van der Waals surface area contributed by atoms with Gasteiger partial charge in [-0.15, -0.1) is 0 Å². The number of furan rings is 1. The van der Waals surface area contributed by atoms with E-state index in [9.17, 15) is 13.2 Å². The molecule has 1 N–H and O–H groups in total. The number of rotatable bonds is 7.